The lowest BCUT2D eigenvalue weighted by Crippen LogP contribution is -2.60. The Hall–Kier alpha value is -1.09. The second kappa shape index (κ2) is 20.1. The highest BCUT2D eigenvalue weighted by molar-refractivity contribution is 5.73. The van der Waals surface area contributed by atoms with Gasteiger partial charge in [0.15, 0.2) is 12.6 Å². The third-order valence-corrected chi connectivity index (χ3v) is 12.2. The summed E-state index contributed by atoms with van der Waals surface area (Å²) >= 11 is 0. The lowest BCUT2D eigenvalue weighted by molar-refractivity contribution is -0.318. The molecule has 3 fully saturated rings. The highest BCUT2D eigenvalue weighted by atomic mass is 16.7. The molecule has 3 unspecified atom stereocenters. The van der Waals surface area contributed by atoms with Gasteiger partial charge in [0, 0.05) is 38.1 Å². The molecule has 0 amide bonds. The molecule has 3 aliphatic rings. The smallest absolute Gasteiger partial charge is 0.311 e. The van der Waals surface area contributed by atoms with Gasteiger partial charge in [-0.1, -0.05) is 20.8 Å². The molecule has 16 heteroatoms. The van der Waals surface area contributed by atoms with Crippen LogP contribution in [0.5, 0.6) is 0 Å². The van der Waals surface area contributed by atoms with Crippen LogP contribution in [0.3, 0.4) is 0 Å². The number of carbonyl (C=O) groups is 1. The molecule has 18 atom stereocenters. The molecular formula is C38H76N2O14. The Labute approximate surface area is 323 Å². The number of cyclic esters (lactones) is 1. The van der Waals surface area contributed by atoms with E-state index >= 15 is 0 Å². The molecule has 3 rings (SSSR count). The molecule has 0 aromatic rings. The largest absolute Gasteiger partial charge is 0.459 e. The fourth-order valence-electron chi connectivity index (χ4n) is 8.74. The van der Waals surface area contributed by atoms with Crippen molar-refractivity contribution in [2.75, 3.05) is 34.8 Å². The molecule has 3 aliphatic heterocycles. The van der Waals surface area contributed by atoms with Gasteiger partial charge in [0.2, 0.25) is 0 Å². The van der Waals surface area contributed by atoms with Gasteiger partial charge in [0.05, 0.1) is 41.5 Å². The molecule has 3 saturated heterocycles. The van der Waals surface area contributed by atoms with E-state index in [1.165, 1.54) is 14.0 Å². The third-order valence-electron chi connectivity index (χ3n) is 12.2. The third kappa shape index (κ3) is 11.3. The zero-order valence-corrected chi connectivity index (χ0v) is 35.2. The monoisotopic (exact) mass is 785 g/mol. The number of methoxy groups -OCH3 is 1. The second-order valence-electron chi connectivity index (χ2n) is 17.2. The van der Waals surface area contributed by atoms with Crippen molar-refractivity contribution in [2.24, 2.45) is 17.8 Å². The number of rotatable bonds is 7. The first-order valence-corrected chi connectivity index (χ1v) is 19.1. The molecule has 0 saturated carbocycles. The Morgan fingerprint density at radius 2 is 1.52 bits per heavy atom. The minimum Gasteiger partial charge on any atom is -0.459 e. The van der Waals surface area contributed by atoms with Crippen LogP contribution in [0.2, 0.25) is 0 Å². The van der Waals surface area contributed by atoms with Gasteiger partial charge >= 0.3 is 5.97 Å². The van der Waals surface area contributed by atoms with E-state index in [9.17, 15) is 30.3 Å². The van der Waals surface area contributed by atoms with Crippen LogP contribution < -0.4 is 0 Å². The van der Waals surface area contributed by atoms with Crippen LogP contribution in [-0.2, 0) is 33.2 Å². The van der Waals surface area contributed by atoms with Crippen molar-refractivity contribution >= 4 is 5.97 Å². The number of nitrogens with zero attached hydrogens (tertiary/aromatic N) is 2. The van der Waals surface area contributed by atoms with Crippen LogP contribution in [-0.4, -0.2) is 177 Å². The van der Waals surface area contributed by atoms with Crippen LogP contribution in [0.1, 0.15) is 94.9 Å². The Morgan fingerprint density at radius 3 is 2.06 bits per heavy atom. The quantitative estimate of drug-likeness (QED) is 0.218. The lowest BCUT2D eigenvalue weighted by atomic mass is 9.77. The van der Waals surface area contributed by atoms with E-state index in [1.54, 1.807) is 41.5 Å². The number of carbonyl (C=O) groups excluding carboxylic acids is 1. The zero-order chi connectivity index (χ0) is 39.7. The number of aliphatic hydroxyl groups excluding tert-OH is 3. The van der Waals surface area contributed by atoms with Crippen LogP contribution in [0.25, 0.3) is 0 Å². The molecule has 0 aromatic heterocycles. The van der Waals surface area contributed by atoms with Gasteiger partial charge in [0.25, 0.3) is 0 Å². The maximum absolute atomic E-state index is 14.2. The van der Waals surface area contributed by atoms with Crippen LogP contribution in [0.4, 0.5) is 0 Å². The molecule has 3 heterocycles. The number of ether oxygens (including phenoxy) is 6. The zero-order valence-electron chi connectivity index (χ0n) is 35.2. The summed E-state index contributed by atoms with van der Waals surface area (Å²) < 4.78 is 37.5. The molecule has 0 radical (unpaired) electrons. The topological polar surface area (TPSA) is 243 Å². The highest BCUT2D eigenvalue weighted by Crippen LogP contribution is 2.40. The van der Waals surface area contributed by atoms with Crippen molar-refractivity contribution in [1.82, 2.24) is 9.80 Å². The fraction of sp³-hybridized carbons (Fsp3) is 0.974. The van der Waals surface area contributed by atoms with Crippen molar-refractivity contribution in [3.8, 4) is 0 Å². The minimum atomic E-state index is -1.80. The average molecular weight is 785 g/mol. The maximum atomic E-state index is 14.2. The molecule has 9 N–H and O–H groups in total. The van der Waals surface area contributed by atoms with E-state index < -0.39 is 96.0 Å². The van der Waals surface area contributed by atoms with Crippen LogP contribution in [0.15, 0.2) is 0 Å². The minimum absolute atomic E-state index is 0. The van der Waals surface area contributed by atoms with Gasteiger partial charge in [0.1, 0.15) is 30.0 Å². The number of likely N-dealkylation sites (N-methyl/N-ethyl adjacent to an activating group) is 2. The molecule has 0 bridgehead atoms. The summed E-state index contributed by atoms with van der Waals surface area (Å²) in [6.45, 7) is 18.0. The Kier molecular flexibility index (Phi) is 18.9. The van der Waals surface area contributed by atoms with Crippen LogP contribution >= 0.6 is 0 Å². The van der Waals surface area contributed by atoms with Gasteiger partial charge in [-0.25, -0.2) is 0 Å². The van der Waals surface area contributed by atoms with Gasteiger partial charge in [-0.2, -0.15) is 0 Å². The van der Waals surface area contributed by atoms with E-state index in [2.05, 4.69) is 0 Å². The highest BCUT2D eigenvalue weighted by Gasteiger charge is 2.52. The SMILES string of the molecule is CC[C@H]1OC(=O)[C@H](C)[C@@H](O[C@H]2C[C@@](C)(OC)[C@@H](O)[C@H](C)O2)[C@H](C)C(O[C@@H]2OC(C)C[C@H](N(C)C)[C@H]2O)[C@](C)(O)CC(C)CN(C)[C@H](C)[C@@H](O)[C@]1(C)O.O.O. The van der Waals surface area contributed by atoms with E-state index in [4.69, 9.17) is 28.4 Å². The summed E-state index contributed by atoms with van der Waals surface area (Å²) in [5, 5.41) is 58.1. The van der Waals surface area contributed by atoms with Crippen molar-refractivity contribution in [3.63, 3.8) is 0 Å². The van der Waals surface area contributed by atoms with E-state index in [0.29, 0.717) is 13.0 Å². The second-order valence-corrected chi connectivity index (χ2v) is 17.2. The van der Waals surface area contributed by atoms with Crippen molar-refractivity contribution in [1.29, 1.82) is 0 Å². The van der Waals surface area contributed by atoms with Gasteiger partial charge in [-0.05, 0) is 94.8 Å². The fourth-order valence-corrected chi connectivity index (χ4v) is 8.74. The number of hydrogen-bond donors (Lipinski definition) is 5. The molecule has 54 heavy (non-hydrogen) atoms. The first-order chi connectivity index (χ1) is 23.9. The average Bonchev–Trinajstić information content (AvgIpc) is 3.05. The maximum Gasteiger partial charge on any atom is 0.311 e. The Morgan fingerprint density at radius 1 is 0.926 bits per heavy atom. The summed E-state index contributed by atoms with van der Waals surface area (Å²) in [7, 11) is 7.12. The van der Waals surface area contributed by atoms with Gasteiger partial charge in [-0.3, -0.25) is 4.79 Å². The Bertz CT molecular complexity index is 1150. The van der Waals surface area contributed by atoms with Crippen molar-refractivity contribution in [3.05, 3.63) is 0 Å². The first kappa shape index (κ1) is 50.9. The first-order valence-electron chi connectivity index (χ1n) is 19.1. The van der Waals surface area contributed by atoms with E-state index in [1.807, 2.05) is 51.7 Å². The molecule has 0 aromatic carbocycles. The Balaban J connectivity index is 0.00000729. The predicted octanol–water partition coefficient (Wildman–Crippen LogP) is 0.251. The molecular weight excluding hydrogens is 708 g/mol. The van der Waals surface area contributed by atoms with Gasteiger partial charge in [-0.15, -0.1) is 0 Å². The van der Waals surface area contributed by atoms with E-state index in [0.717, 1.165) is 0 Å². The summed E-state index contributed by atoms with van der Waals surface area (Å²) in [5.41, 5.74) is -4.37. The molecule has 16 nitrogen and oxygen atoms in total. The number of hydrogen-bond acceptors (Lipinski definition) is 14. The van der Waals surface area contributed by atoms with Crippen LogP contribution in [0, 0.1) is 17.8 Å². The molecule has 322 valence electrons. The standard InChI is InChI=1S/C38H72N2O12.2H2O/c1-15-27-38(10,46)31(42)24(6)40(13)19-20(2)17-36(8,45)33(52-35-29(41)26(39(11)12)16-21(3)48-35)22(4)30(23(5)34(44)50-27)51-28-18-37(9,47-14)32(43)25(7)49-28;;/h20-33,35,41-43,45-46H,15-19H2,1-14H3;2*1H2/t20?,21?,22-,23+,24+,25-,26-,27+,28-,29+,30-,31+,32-,33?,35-,36+,37+,38+;;/m0../s1. The van der Waals surface area contributed by atoms with Crippen molar-refractivity contribution < 1.29 is 69.7 Å². The summed E-state index contributed by atoms with van der Waals surface area (Å²) in [5.74, 6) is -2.58. The normalized spacial score (nSPS) is 47.8. The summed E-state index contributed by atoms with van der Waals surface area (Å²) in [6, 6.07) is -0.808. The molecule has 0 spiro atoms. The number of aliphatic hydroxyl groups is 5. The summed E-state index contributed by atoms with van der Waals surface area (Å²) in [6.07, 6.45) is -8.19. The van der Waals surface area contributed by atoms with Gasteiger partial charge < -0.3 is 74.7 Å². The number of esters is 1. The molecule has 0 aliphatic carbocycles. The van der Waals surface area contributed by atoms with E-state index in [-0.39, 0.29) is 48.3 Å². The predicted molar refractivity (Wildman–Crippen MR) is 201 cm³/mol. The summed E-state index contributed by atoms with van der Waals surface area (Å²) in [4.78, 5) is 18.0. The lowest BCUT2D eigenvalue weighted by Gasteiger charge is -2.48. The van der Waals surface area contributed by atoms with Crippen molar-refractivity contribution in [2.45, 2.75) is 185 Å².